The second kappa shape index (κ2) is 5.30. The van der Waals surface area contributed by atoms with Gasteiger partial charge in [0.25, 0.3) is 0 Å². The molecule has 0 unspecified atom stereocenters. The van der Waals surface area contributed by atoms with E-state index < -0.39 is 0 Å². The Bertz CT molecular complexity index is 603. The second-order valence-corrected chi connectivity index (χ2v) is 4.69. The Balaban J connectivity index is 1.63. The highest BCUT2D eigenvalue weighted by atomic mass is 19.1. The molecule has 1 aliphatic rings. The average molecular weight is 260 g/mol. The monoisotopic (exact) mass is 260 g/mol. The molecule has 2 heterocycles. The molecule has 1 aliphatic heterocycles. The SMILES string of the molecule is Fc1ccc2c(CCNC3=NCCCN3)c[nH]c2c1. The lowest BCUT2D eigenvalue weighted by Crippen LogP contribution is -2.41. The number of H-pyrrole nitrogens is 1. The third kappa shape index (κ3) is 2.70. The molecule has 0 bridgehead atoms. The molecule has 0 aliphatic carbocycles. The van der Waals surface area contributed by atoms with Crippen LogP contribution < -0.4 is 10.6 Å². The summed E-state index contributed by atoms with van der Waals surface area (Å²) in [7, 11) is 0. The molecular formula is C14H17FN4. The van der Waals surface area contributed by atoms with Crippen LogP contribution in [0, 0.1) is 5.82 Å². The van der Waals surface area contributed by atoms with Gasteiger partial charge in [-0.25, -0.2) is 4.39 Å². The Labute approximate surface area is 111 Å². The fourth-order valence-corrected chi connectivity index (χ4v) is 2.33. The van der Waals surface area contributed by atoms with Crippen molar-refractivity contribution in [1.82, 2.24) is 15.6 Å². The minimum Gasteiger partial charge on any atom is -0.361 e. The molecule has 1 aromatic heterocycles. The number of hydrogen-bond acceptors (Lipinski definition) is 3. The van der Waals surface area contributed by atoms with Crippen molar-refractivity contribution < 1.29 is 4.39 Å². The van der Waals surface area contributed by atoms with Crippen LogP contribution >= 0.6 is 0 Å². The molecule has 1 aromatic carbocycles. The maximum atomic E-state index is 13.1. The zero-order valence-corrected chi connectivity index (χ0v) is 10.7. The first kappa shape index (κ1) is 12.0. The van der Waals surface area contributed by atoms with Crippen molar-refractivity contribution in [3.05, 3.63) is 35.8 Å². The summed E-state index contributed by atoms with van der Waals surface area (Å²) in [5.41, 5.74) is 2.04. The van der Waals surface area contributed by atoms with E-state index in [4.69, 9.17) is 0 Å². The van der Waals surface area contributed by atoms with Gasteiger partial charge in [0.15, 0.2) is 5.96 Å². The van der Waals surface area contributed by atoms with E-state index >= 15 is 0 Å². The minimum absolute atomic E-state index is 0.209. The minimum atomic E-state index is -0.209. The van der Waals surface area contributed by atoms with Crippen LogP contribution in [0.1, 0.15) is 12.0 Å². The zero-order chi connectivity index (χ0) is 13.1. The molecule has 19 heavy (non-hydrogen) atoms. The van der Waals surface area contributed by atoms with Crippen LogP contribution in [0.15, 0.2) is 29.4 Å². The Morgan fingerprint density at radius 3 is 3.16 bits per heavy atom. The van der Waals surface area contributed by atoms with E-state index in [2.05, 4.69) is 20.6 Å². The Morgan fingerprint density at radius 1 is 1.37 bits per heavy atom. The zero-order valence-electron chi connectivity index (χ0n) is 10.7. The molecule has 0 amide bonds. The topological polar surface area (TPSA) is 52.2 Å². The second-order valence-electron chi connectivity index (χ2n) is 4.69. The van der Waals surface area contributed by atoms with Crippen molar-refractivity contribution in [3.63, 3.8) is 0 Å². The van der Waals surface area contributed by atoms with Crippen LogP contribution in [0.2, 0.25) is 0 Å². The molecule has 0 saturated heterocycles. The number of guanidine groups is 1. The number of hydrogen-bond donors (Lipinski definition) is 3. The van der Waals surface area contributed by atoms with E-state index in [0.717, 1.165) is 49.3 Å². The summed E-state index contributed by atoms with van der Waals surface area (Å²) in [5.74, 6) is 0.678. The number of fused-ring (bicyclic) bond motifs is 1. The van der Waals surface area contributed by atoms with Gasteiger partial charge in [-0.3, -0.25) is 4.99 Å². The van der Waals surface area contributed by atoms with Gasteiger partial charge in [0.05, 0.1) is 0 Å². The lowest BCUT2D eigenvalue weighted by molar-refractivity contribution is 0.629. The van der Waals surface area contributed by atoms with Crippen molar-refractivity contribution in [2.24, 2.45) is 4.99 Å². The quantitative estimate of drug-likeness (QED) is 0.788. The highest BCUT2D eigenvalue weighted by molar-refractivity contribution is 5.83. The standard InChI is InChI=1S/C14H17FN4/c15-11-2-3-12-10(9-19-13(12)8-11)4-7-18-14-16-5-1-6-17-14/h2-3,8-9,19H,1,4-7H2,(H2,16,17,18). The van der Waals surface area contributed by atoms with Gasteiger partial charge in [0.1, 0.15) is 5.82 Å². The molecule has 0 fully saturated rings. The fraction of sp³-hybridized carbons (Fsp3) is 0.357. The van der Waals surface area contributed by atoms with Gasteiger partial charge in [-0.05, 0) is 36.6 Å². The maximum Gasteiger partial charge on any atom is 0.191 e. The number of aromatic nitrogens is 1. The molecule has 0 saturated carbocycles. The summed E-state index contributed by atoms with van der Waals surface area (Å²) in [5, 5.41) is 7.60. The van der Waals surface area contributed by atoms with E-state index in [0.29, 0.717) is 0 Å². The number of nitrogens with zero attached hydrogens (tertiary/aromatic N) is 1. The predicted molar refractivity (Wildman–Crippen MR) is 74.9 cm³/mol. The molecule has 5 heteroatoms. The van der Waals surface area contributed by atoms with Crippen LogP contribution in [0.3, 0.4) is 0 Å². The number of nitrogens with one attached hydrogen (secondary N) is 3. The van der Waals surface area contributed by atoms with E-state index in [1.165, 1.54) is 17.7 Å². The summed E-state index contributed by atoms with van der Waals surface area (Å²) in [6, 6.07) is 4.85. The first-order chi connectivity index (χ1) is 9.33. The normalized spacial score (nSPS) is 15.1. The van der Waals surface area contributed by atoms with Crippen LogP contribution in [-0.4, -0.2) is 30.6 Å². The fourth-order valence-electron chi connectivity index (χ4n) is 2.33. The van der Waals surface area contributed by atoms with E-state index in [1.807, 2.05) is 12.3 Å². The average Bonchev–Trinajstić information content (AvgIpc) is 2.82. The molecule has 3 N–H and O–H groups in total. The Hall–Kier alpha value is -2.04. The number of rotatable bonds is 3. The van der Waals surface area contributed by atoms with Gasteiger partial charge in [-0.15, -0.1) is 0 Å². The van der Waals surface area contributed by atoms with Gasteiger partial charge in [-0.2, -0.15) is 0 Å². The molecule has 0 atom stereocenters. The van der Waals surface area contributed by atoms with E-state index in [-0.39, 0.29) is 5.82 Å². The smallest absolute Gasteiger partial charge is 0.191 e. The molecule has 0 spiro atoms. The van der Waals surface area contributed by atoms with Gasteiger partial charge in [0, 0.05) is 36.7 Å². The van der Waals surface area contributed by atoms with Crippen molar-refractivity contribution in [2.75, 3.05) is 19.6 Å². The summed E-state index contributed by atoms with van der Waals surface area (Å²) < 4.78 is 13.1. The highest BCUT2D eigenvalue weighted by Gasteiger charge is 2.06. The van der Waals surface area contributed by atoms with Crippen LogP contribution in [-0.2, 0) is 6.42 Å². The van der Waals surface area contributed by atoms with Crippen molar-refractivity contribution in [1.29, 1.82) is 0 Å². The highest BCUT2D eigenvalue weighted by Crippen LogP contribution is 2.19. The largest absolute Gasteiger partial charge is 0.361 e. The first-order valence-electron chi connectivity index (χ1n) is 6.60. The van der Waals surface area contributed by atoms with Crippen molar-refractivity contribution in [3.8, 4) is 0 Å². The van der Waals surface area contributed by atoms with Gasteiger partial charge in [-0.1, -0.05) is 0 Å². The van der Waals surface area contributed by atoms with Gasteiger partial charge in [0.2, 0.25) is 0 Å². The summed E-state index contributed by atoms with van der Waals surface area (Å²) >= 11 is 0. The molecule has 4 nitrogen and oxygen atoms in total. The third-order valence-electron chi connectivity index (χ3n) is 3.31. The van der Waals surface area contributed by atoms with Crippen LogP contribution in [0.5, 0.6) is 0 Å². The van der Waals surface area contributed by atoms with E-state index in [9.17, 15) is 4.39 Å². The predicted octanol–water partition coefficient (Wildman–Crippen LogP) is 1.79. The Morgan fingerprint density at radius 2 is 2.32 bits per heavy atom. The van der Waals surface area contributed by atoms with Crippen molar-refractivity contribution >= 4 is 16.9 Å². The lowest BCUT2D eigenvalue weighted by atomic mass is 10.1. The summed E-state index contributed by atoms with van der Waals surface area (Å²) in [4.78, 5) is 7.46. The van der Waals surface area contributed by atoms with Crippen LogP contribution in [0.25, 0.3) is 10.9 Å². The molecule has 0 radical (unpaired) electrons. The number of benzene rings is 1. The lowest BCUT2D eigenvalue weighted by Gasteiger charge is -2.15. The summed E-state index contributed by atoms with van der Waals surface area (Å²) in [6.45, 7) is 2.69. The van der Waals surface area contributed by atoms with Crippen molar-refractivity contribution in [2.45, 2.75) is 12.8 Å². The summed E-state index contributed by atoms with van der Waals surface area (Å²) in [6.07, 6.45) is 3.92. The number of aromatic amines is 1. The molecule has 3 rings (SSSR count). The number of aliphatic imine (C=N–C) groups is 1. The van der Waals surface area contributed by atoms with Gasteiger partial charge < -0.3 is 15.6 Å². The first-order valence-corrected chi connectivity index (χ1v) is 6.60. The van der Waals surface area contributed by atoms with Crippen LogP contribution in [0.4, 0.5) is 4.39 Å². The molecular weight excluding hydrogens is 243 g/mol. The molecule has 2 aromatic rings. The molecule has 100 valence electrons. The third-order valence-corrected chi connectivity index (χ3v) is 3.31. The Kier molecular flexibility index (Phi) is 3.35. The van der Waals surface area contributed by atoms with E-state index in [1.54, 1.807) is 0 Å². The number of halogens is 1. The maximum absolute atomic E-state index is 13.1. The van der Waals surface area contributed by atoms with Gasteiger partial charge >= 0.3 is 0 Å².